The van der Waals surface area contributed by atoms with Crippen molar-refractivity contribution in [1.29, 1.82) is 0 Å². The number of fused-ring (bicyclic) bond motifs is 1. The zero-order valence-corrected chi connectivity index (χ0v) is 22.8. The second-order valence-corrected chi connectivity index (χ2v) is 13.1. The second kappa shape index (κ2) is 11.3. The van der Waals surface area contributed by atoms with Crippen molar-refractivity contribution in [3.8, 4) is 5.75 Å². The van der Waals surface area contributed by atoms with E-state index in [1.54, 1.807) is 6.07 Å². The van der Waals surface area contributed by atoms with Gasteiger partial charge in [-0.15, -0.1) is 0 Å². The van der Waals surface area contributed by atoms with Crippen molar-refractivity contribution in [1.82, 2.24) is 14.9 Å². The molecule has 0 aromatic heterocycles. The number of rotatable bonds is 8. The summed E-state index contributed by atoms with van der Waals surface area (Å²) in [6, 6.07) is 6.54. The number of sulfonamides is 1. The molecule has 6 N–H and O–H groups in total. The summed E-state index contributed by atoms with van der Waals surface area (Å²) in [4.78, 5) is 57.0. The molecular weight excluding hydrogens is 568 g/mol. The number of hydrogen-bond acceptors (Lipinski definition) is 8. The number of carboxylic acids is 1. The molecule has 3 atom stereocenters. The fourth-order valence-electron chi connectivity index (χ4n) is 4.78. The normalized spacial score (nSPS) is 20.2. The van der Waals surface area contributed by atoms with Crippen LogP contribution in [-0.4, -0.2) is 82.3 Å². The van der Waals surface area contributed by atoms with Crippen LogP contribution in [0.3, 0.4) is 0 Å². The van der Waals surface area contributed by atoms with Gasteiger partial charge in [0, 0.05) is 6.54 Å². The van der Waals surface area contributed by atoms with Crippen LogP contribution in [0.1, 0.15) is 40.4 Å². The van der Waals surface area contributed by atoms with Crippen molar-refractivity contribution in [2.24, 2.45) is 0 Å². The van der Waals surface area contributed by atoms with Gasteiger partial charge in [-0.25, -0.2) is 13.2 Å². The highest BCUT2D eigenvalue weighted by Crippen LogP contribution is 2.34. The van der Waals surface area contributed by atoms with E-state index < -0.39 is 60.5 Å². The third-order valence-electron chi connectivity index (χ3n) is 6.72. The van der Waals surface area contributed by atoms with Gasteiger partial charge in [-0.1, -0.05) is 24.3 Å². The van der Waals surface area contributed by atoms with Crippen molar-refractivity contribution < 1.29 is 51.9 Å². The first-order chi connectivity index (χ1) is 18.7. The van der Waals surface area contributed by atoms with Gasteiger partial charge in [0.15, 0.2) is 0 Å². The zero-order valence-electron chi connectivity index (χ0n) is 21.1. The molecule has 14 nitrogen and oxygen atoms in total. The van der Waals surface area contributed by atoms with Crippen LogP contribution in [0.2, 0.25) is 0 Å². The average molecular weight is 595 g/mol. The molecular formula is C23H27BN3O11PS. The number of nitrogens with zero attached hydrogens (tertiary/aromatic N) is 1. The number of nitrogens with one attached hydrogen (secondary N) is 2. The van der Waals surface area contributed by atoms with Gasteiger partial charge in [-0.05, 0) is 48.6 Å². The summed E-state index contributed by atoms with van der Waals surface area (Å²) >= 11 is 0. The van der Waals surface area contributed by atoms with E-state index in [2.05, 4.69) is 10.6 Å². The van der Waals surface area contributed by atoms with Gasteiger partial charge in [0.05, 0.1) is 23.1 Å². The third-order valence-corrected chi connectivity index (χ3v) is 8.98. The molecule has 17 heteroatoms. The molecule has 2 heterocycles. The van der Waals surface area contributed by atoms with Crippen LogP contribution in [-0.2, 0) is 30.6 Å². The number of amides is 2. The van der Waals surface area contributed by atoms with Crippen LogP contribution in [0.5, 0.6) is 5.75 Å². The summed E-state index contributed by atoms with van der Waals surface area (Å²) in [6.45, 7) is 0.133. The molecule has 0 unspecified atom stereocenters. The molecule has 2 aromatic carbocycles. The minimum Gasteiger partial charge on any atom is -0.534 e. The zero-order chi connectivity index (χ0) is 29.4. The standard InChI is InChI=1S/C23H27BN3O11PS/c1-40(36,37)27-11-3-6-17(27)21(28)26-19(13-7-9-15(10-8-13)39(33,34)35)22(29)25-18-12-14-4-2-5-16(23(30)31)20(14)38-24(18)32/h2,4-5,7-10,17-19,32H,3,6,11-12H2,1H3,(H,25,29)(H,26,28)(H,30,31)(H2,33,34,35)/t17-,18-,19+/m0/s1. The van der Waals surface area contributed by atoms with E-state index >= 15 is 0 Å². The van der Waals surface area contributed by atoms with E-state index in [4.69, 9.17) is 4.65 Å². The van der Waals surface area contributed by atoms with Crippen LogP contribution >= 0.6 is 7.60 Å². The Labute approximate surface area is 229 Å². The van der Waals surface area contributed by atoms with Crippen molar-refractivity contribution >= 4 is 47.8 Å². The van der Waals surface area contributed by atoms with Gasteiger partial charge in [-0.3, -0.25) is 14.2 Å². The first kappa shape index (κ1) is 29.7. The maximum Gasteiger partial charge on any atom is 0.547 e. The highest BCUT2D eigenvalue weighted by atomic mass is 32.2. The quantitative estimate of drug-likeness (QED) is 0.159. The predicted octanol–water partition coefficient (Wildman–Crippen LogP) is -1.09. The Balaban J connectivity index is 1.60. The van der Waals surface area contributed by atoms with Gasteiger partial charge in [0.2, 0.25) is 21.8 Å². The smallest absolute Gasteiger partial charge is 0.534 e. The summed E-state index contributed by atoms with van der Waals surface area (Å²) < 4.78 is 42.3. The minimum absolute atomic E-state index is 0.00828. The number of carbonyl (C=O) groups is 3. The molecule has 1 fully saturated rings. The number of benzene rings is 2. The van der Waals surface area contributed by atoms with Gasteiger partial charge in [-0.2, -0.15) is 4.31 Å². The predicted molar refractivity (Wildman–Crippen MR) is 141 cm³/mol. The number of hydrogen-bond donors (Lipinski definition) is 6. The van der Waals surface area contributed by atoms with Crippen molar-refractivity contribution in [2.75, 3.05) is 12.8 Å². The highest BCUT2D eigenvalue weighted by molar-refractivity contribution is 7.88. The van der Waals surface area contributed by atoms with Gasteiger partial charge >= 0.3 is 20.7 Å². The van der Waals surface area contributed by atoms with E-state index in [1.807, 2.05) is 0 Å². The number of aromatic carboxylic acids is 1. The Morgan fingerprint density at radius 3 is 2.42 bits per heavy atom. The summed E-state index contributed by atoms with van der Waals surface area (Å²) in [5, 5.41) is 24.7. The van der Waals surface area contributed by atoms with E-state index in [0.717, 1.165) is 22.7 Å². The Hall–Kier alpha value is -3.27. The highest BCUT2D eigenvalue weighted by Gasteiger charge is 2.41. The molecule has 0 aliphatic carbocycles. The van der Waals surface area contributed by atoms with Crippen molar-refractivity contribution in [3.05, 3.63) is 59.2 Å². The molecule has 0 spiro atoms. The molecule has 214 valence electrons. The maximum absolute atomic E-state index is 13.5. The lowest BCUT2D eigenvalue weighted by Gasteiger charge is -2.31. The Bertz CT molecular complexity index is 1480. The van der Waals surface area contributed by atoms with Gasteiger partial charge in [0.1, 0.15) is 17.8 Å². The molecule has 2 amide bonds. The Morgan fingerprint density at radius 2 is 1.82 bits per heavy atom. The summed E-state index contributed by atoms with van der Waals surface area (Å²) in [6.07, 6.45) is 1.62. The van der Waals surface area contributed by atoms with E-state index in [-0.39, 0.29) is 41.6 Å². The third kappa shape index (κ3) is 6.38. The van der Waals surface area contributed by atoms with E-state index in [0.29, 0.717) is 12.0 Å². The molecule has 2 aromatic rings. The monoisotopic (exact) mass is 595 g/mol. The van der Waals surface area contributed by atoms with Gasteiger partial charge in [0.25, 0.3) is 0 Å². The number of para-hydroxylation sites is 1. The Kier molecular flexibility index (Phi) is 8.40. The van der Waals surface area contributed by atoms with Crippen LogP contribution < -0.4 is 20.6 Å². The average Bonchev–Trinajstić information content (AvgIpc) is 3.38. The number of carboxylic acid groups (broad SMARTS) is 1. The Morgan fingerprint density at radius 1 is 1.15 bits per heavy atom. The van der Waals surface area contributed by atoms with Crippen LogP contribution in [0.25, 0.3) is 0 Å². The lowest BCUT2D eigenvalue weighted by atomic mass is 9.72. The lowest BCUT2D eigenvalue weighted by molar-refractivity contribution is -0.131. The van der Waals surface area contributed by atoms with E-state index in [1.165, 1.54) is 24.3 Å². The van der Waals surface area contributed by atoms with Crippen LogP contribution in [0, 0.1) is 0 Å². The molecule has 0 radical (unpaired) electrons. The minimum atomic E-state index is -4.60. The summed E-state index contributed by atoms with van der Waals surface area (Å²) in [5.41, 5.74) is 0.382. The van der Waals surface area contributed by atoms with Crippen LogP contribution in [0.4, 0.5) is 0 Å². The molecule has 1 saturated heterocycles. The first-order valence-corrected chi connectivity index (χ1v) is 15.6. The molecule has 0 saturated carbocycles. The fraction of sp³-hybridized carbons (Fsp3) is 0.348. The molecule has 0 bridgehead atoms. The van der Waals surface area contributed by atoms with Crippen molar-refractivity contribution in [2.45, 2.75) is 37.3 Å². The topological polar surface area (TPSA) is 220 Å². The largest absolute Gasteiger partial charge is 0.547 e. The fourth-order valence-corrected chi connectivity index (χ4v) is 6.44. The number of carbonyl (C=O) groups excluding carboxylic acids is 2. The maximum atomic E-state index is 13.5. The molecule has 2 aliphatic heterocycles. The van der Waals surface area contributed by atoms with Gasteiger partial charge < -0.3 is 35.2 Å². The second-order valence-electron chi connectivity index (χ2n) is 9.54. The lowest BCUT2D eigenvalue weighted by Crippen LogP contribution is -2.56. The SMILES string of the molecule is CS(=O)(=O)N1CCC[C@H]1C(=O)N[C@@H](C(=O)N[C@H]1Cc2cccc(C(=O)O)c2OB1O)c1ccc(P(=O)(O)O)cc1. The molecule has 2 aliphatic rings. The van der Waals surface area contributed by atoms with Crippen LogP contribution in [0.15, 0.2) is 42.5 Å². The summed E-state index contributed by atoms with van der Waals surface area (Å²) in [7, 11) is -9.95. The van der Waals surface area contributed by atoms with Crippen molar-refractivity contribution in [3.63, 3.8) is 0 Å². The molecule has 4 rings (SSSR count). The first-order valence-electron chi connectivity index (χ1n) is 12.1. The molecule has 40 heavy (non-hydrogen) atoms. The summed E-state index contributed by atoms with van der Waals surface area (Å²) in [5.74, 6) is -3.93. The van der Waals surface area contributed by atoms with E-state index in [9.17, 15) is 47.3 Å².